The lowest BCUT2D eigenvalue weighted by molar-refractivity contribution is 0.102. The highest BCUT2D eigenvalue weighted by Gasteiger charge is 2.21. The molecule has 1 aliphatic heterocycles. The second kappa shape index (κ2) is 7.69. The second-order valence-corrected chi connectivity index (χ2v) is 7.83. The van der Waals surface area contributed by atoms with Gasteiger partial charge < -0.3 is 10.4 Å². The normalized spacial score (nSPS) is 13.4. The molecule has 8 heteroatoms. The Balaban J connectivity index is 1.89. The van der Waals surface area contributed by atoms with Gasteiger partial charge in [-0.25, -0.2) is 12.7 Å². The van der Waals surface area contributed by atoms with Crippen molar-refractivity contribution in [1.29, 1.82) is 0 Å². The van der Waals surface area contributed by atoms with Crippen LogP contribution in [0.3, 0.4) is 0 Å². The van der Waals surface area contributed by atoms with Crippen molar-refractivity contribution >= 4 is 33.2 Å². The molecule has 0 bridgehead atoms. The van der Waals surface area contributed by atoms with Crippen molar-refractivity contribution in [2.75, 3.05) is 5.32 Å². The first-order valence-electron chi connectivity index (χ1n) is 7.83. The number of nitrogens with one attached hydrogen (secondary N) is 1. The van der Waals surface area contributed by atoms with Gasteiger partial charge in [-0.05, 0) is 48.6 Å². The fourth-order valence-corrected chi connectivity index (χ4v) is 3.73. The summed E-state index contributed by atoms with van der Waals surface area (Å²) < 4.78 is 26.6. The third-order valence-corrected chi connectivity index (χ3v) is 5.56. The van der Waals surface area contributed by atoms with Crippen molar-refractivity contribution < 1.29 is 18.3 Å². The van der Waals surface area contributed by atoms with E-state index in [0.717, 1.165) is 4.31 Å². The molecule has 1 amide bonds. The quantitative estimate of drug-likeness (QED) is 0.759. The van der Waals surface area contributed by atoms with Gasteiger partial charge in [0.2, 0.25) is 0 Å². The molecule has 6 nitrogen and oxygen atoms in total. The van der Waals surface area contributed by atoms with Crippen molar-refractivity contribution in [1.82, 2.24) is 4.31 Å². The average Bonchev–Trinajstić information content (AvgIpc) is 2.95. The monoisotopic (exact) mass is 402 g/mol. The Kier molecular flexibility index (Phi) is 5.34. The second-order valence-electron chi connectivity index (χ2n) is 5.55. The van der Waals surface area contributed by atoms with Crippen LogP contribution >= 0.6 is 11.6 Å². The summed E-state index contributed by atoms with van der Waals surface area (Å²) in [6.07, 6.45) is 9.41. The molecule has 1 aliphatic rings. The summed E-state index contributed by atoms with van der Waals surface area (Å²) in [6, 6.07) is 9.86. The largest absolute Gasteiger partial charge is 0.506 e. The van der Waals surface area contributed by atoms with Crippen LogP contribution in [0.4, 0.5) is 5.69 Å². The number of benzene rings is 2. The first kappa shape index (κ1) is 18.8. The minimum Gasteiger partial charge on any atom is -0.506 e. The Labute approximate surface area is 161 Å². The fraction of sp³-hybridized carbons (Fsp3) is 0. The maximum absolute atomic E-state index is 12.8. The van der Waals surface area contributed by atoms with E-state index in [1.165, 1.54) is 54.9 Å². The van der Waals surface area contributed by atoms with Crippen LogP contribution in [0.25, 0.3) is 0 Å². The molecule has 0 aromatic heterocycles. The van der Waals surface area contributed by atoms with Gasteiger partial charge in [-0.1, -0.05) is 29.8 Å². The van der Waals surface area contributed by atoms with Crippen molar-refractivity contribution in [3.63, 3.8) is 0 Å². The molecule has 2 aromatic carbocycles. The van der Waals surface area contributed by atoms with E-state index in [1.807, 2.05) is 0 Å². The first-order valence-corrected chi connectivity index (χ1v) is 9.65. The topological polar surface area (TPSA) is 86.7 Å². The maximum atomic E-state index is 12.8. The molecule has 0 saturated heterocycles. The molecule has 138 valence electrons. The van der Waals surface area contributed by atoms with Crippen LogP contribution in [0, 0.1) is 0 Å². The summed E-state index contributed by atoms with van der Waals surface area (Å²) >= 11 is 5.87. The van der Waals surface area contributed by atoms with Crippen LogP contribution in [-0.4, -0.2) is 23.7 Å². The molecule has 1 heterocycles. The highest BCUT2D eigenvalue weighted by atomic mass is 35.5. The summed E-state index contributed by atoms with van der Waals surface area (Å²) in [4.78, 5) is 12.4. The van der Waals surface area contributed by atoms with Crippen molar-refractivity contribution in [3.05, 3.63) is 89.8 Å². The predicted molar refractivity (Wildman–Crippen MR) is 104 cm³/mol. The Hall–Kier alpha value is -3.03. The van der Waals surface area contributed by atoms with Gasteiger partial charge in [-0.15, -0.1) is 0 Å². The van der Waals surface area contributed by atoms with Crippen LogP contribution in [0.15, 0.2) is 84.1 Å². The molecule has 2 N–H and O–H groups in total. The van der Waals surface area contributed by atoms with Crippen LogP contribution in [0.1, 0.15) is 10.4 Å². The Bertz CT molecular complexity index is 1060. The molecule has 27 heavy (non-hydrogen) atoms. The first-order chi connectivity index (χ1) is 12.9. The minimum atomic E-state index is -3.86. The molecular weight excluding hydrogens is 388 g/mol. The number of hydrogen-bond donors (Lipinski definition) is 2. The summed E-state index contributed by atoms with van der Waals surface area (Å²) in [5, 5.41) is 12.7. The van der Waals surface area contributed by atoms with Gasteiger partial charge in [0.15, 0.2) is 0 Å². The lowest BCUT2D eigenvalue weighted by atomic mass is 10.2. The predicted octanol–water partition coefficient (Wildman–Crippen LogP) is 3.89. The number of carbonyl (C=O) groups is 1. The van der Waals surface area contributed by atoms with Crippen LogP contribution in [0.5, 0.6) is 5.75 Å². The maximum Gasteiger partial charge on any atom is 0.267 e. The van der Waals surface area contributed by atoms with Gasteiger partial charge >= 0.3 is 0 Å². The third kappa shape index (κ3) is 4.21. The highest BCUT2D eigenvalue weighted by Crippen LogP contribution is 2.27. The zero-order valence-corrected chi connectivity index (χ0v) is 15.5. The number of nitrogens with zero attached hydrogens (tertiary/aromatic N) is 1. The molecule has 0 spiro atoms. The van der Waals surface area contributed by atoms with Gasteiger partial charge in [-0.3, -0.25) is 4.79 Å². The van der Waals surface area contributed by atoms with Gasteiger partial charge in [0.1, 0.15) is 5.75 Å². The van der Waals surface area contributed by atoms with E-state index in [0.29, 0.717) is 5.02 Å². The van der Waals surface area contributed by atoms with Crippen LogP contribution < -0.4 is 5.32 Å². The smallest absolute Gasteiger partial charge is 0.267 e. The number of aromatic hydroxyl groups is 1. The number of rotatable bonds is 4. The number of sulfonamides is 1. The number of halogens is 1. The van der Waals surface area contributed by atoms with Gasteiger partial charge in [0, 0.05) is 23.0 Å². The number of phenolic OH excluding ortho intramolecular Hbond substituents is 1. The molecule has 0 saturated carbocycles. The number of hydrogen-bond acceptors (Lipinski definition) is 4. The van der Waals surface area contributed by atoms with Gasteiger partial charge in [-0.2, -0.15) is 0 Å². The van der Waals surface area contributed by atoms with E-state index >= 15 is 0 Å². The standard InChI is InChI=1S/C19H15ClN2O4S/c20-15-8-9-18(23)17(13-15)21-19(24)14-6-5-7-16(12-14)27(25,26)22-10-3-1-2-4-11-22/h1-13,23H,(H,21,24). The Morgan fingerprint density at radius 2 is 1.70 bits per heavy atom. The van der Waals surface area contributed by atoms with Gasteiger partial charge in [0.05, 0.1) is 10.6 Å². The zero-order valence-electron chi connectivity index (χ0n) is 13.9. The summed E-state index contributed by atoms with van der Waals surface area (Å²) in [5.74, 6) is -0.725. The van der Waals surface area contributed by atoms with Crippen molar-refractivity contribution in [2.45, 2.75) is 4.90 Å². The van der Waals surface area contributed by atoms with Gasteiger partial charge in [0.25, 0.3) is 15.9 Å². The van der Waals surface area contributed by atoms with E-state index in [4.69, 9.17) is 11.6 Å². The number of carbonyl (C=O) groups excluding carboxylic acids is 1. The molecule has 0 fully saturated rings. The Morgan fingerprint density at radius 3 is 2.41 bits per heavy atom. The SMILES string of the molecule is O=C(Nc1cc(Cl)ccc1O)c1cccc(S(=O)(=O)N2C=CC=CC=C2)c1. The van der Waals surface area contributed by atoms with E-state index in [9.17, 15) is 18.3 Å². The van der Waals surface area contributed by atoms with Crippen molar-refractivity contribution in [3.8, 4) is 5.75 Å². The molecule has 0 unspecified atom stereocenters. The zero-order chi connectivity index (χ0) is 19.4. The van der Waals surface area contributed by atoms with E-state index in [1.54, 1.807) is 24.3 Å². The molecule has 0 atom stereocenters. The van der Waals surface area contributed by atoms with E-state index in [2.05, 4.69) is 5.32 Å². The molecule has 0 radical (unpaired) electrons. The summed E-state index contributed by atoms with van der Waals surface area (Å²) in [5.41, 5.74) is 0.251. The van der Waals surface area contributed by atoms with Crippen LogP contribution in [-0.2, 0) is 10.0 Å². The lowest BCUT2D eigenvalue weighted by Gasteiger charge is -2.16. The molecule has 3 rings (SSSR count). The fourth-order valence-electron chi connectivity index (χ4n) is 2.33. The highest BCUT2D eigenvalue weighted by molar-refractivity contribution is 7.89. The molecule has 2 aromatic rings. The van der Waals surface area contributed by atoms with E-state index in [-0.39, 0.29) is 21.9 Å². The van der Waals surface area contributed by atoms with E-state index < -0.39 is 15.9 Å². The summed E-state index contributed by atoms with van der Waals surface area (Å²) in [7, 11) is -3.86. The number of anilines is 1. The number of phenols is 1. The number of amides is 1. The Morgan fingerprint density at radius 1 is 1.00 bits per heavy atom. The molecular formula is C19H15ClN2O4S. The third-order valence-electron chi connectivity index (χ3n) is 3.68. The van der Waals surface area contributed by atoms with Crippen LogP contribution in [0.2, 0.25) is 5.02 Å². The van der Waals surface area contributed by atoms with Crippen molar-refractivity contribution in [2.24, 2.45) is 0 Å². The number of allylic oxidation sites excluding steroid dienone is 4. The average molecular weight is 403 g/mol. The minimum absolute atomic E-state index is 0.0401. The summed E-state index contributed by atoms with van der Waals surface area (Å²) in [6.45, 7) is 0. The lowest BCUT2D eigenvalue weighted by Crippen LogP contribution is -2.21. The molecule has 0 aliphatic carbocycles.